The summed E-state index contributed by atoms with van der Waals surface area (Å²) in [5.74, 6) is 2.11. The minimum atomic E-state index is 0.124. The van der Waals surface area contributed by atoms with Gasteiger partial charge in [-0.05, 0) is 47.2 Å². The molecule has 4 nitrogen and oxygen atoms in total. The van der Waals surface area contributed by atoms with Crippen LogP contribution in [-0.4, -0.2) is 10.2 Å². The Morgan fingerprint density at radius 3 is 2.16 bits per heavy atom. The number of fused-ring (bicyclic) bond motifs is 1. The lowest BCUT2D eigenvalue weighted by molar-refractivity contribution is 0.504. The largest absolute Gasteiger partial charge is 0.456 e. The molecule has 0 N–H and O–H groups in total. The summed E-state index contributed by atoms with van der Waals surface area (Å²) in [7, 11) is 0. The molecule has 2 heterocycles. The minimum absolute atomic E-state index is 0.124. The molecule has 0 spiro atoms. The van der Waals surface area contributed by atoms with E-state index in [2.05, 4.69) is 91.6 Å². The molecule has 0 unspecified atom stereocenters. The van der Waals surface area contributed by atoms with Crippen LogP contribution in [0.5, 0.6) is 0 Å². The van der Waals surface area contributed by atoms with Crippen molar-refractivity contribution < 1.29 is 8.83 Å². The van der Waals surface area contributed by atoms with Crippen LogP contribution in [0.1, 0.15) is 37.8 Å². The highest BCUT2D eigenvalue weighted by molar-refractivity contribution is 5.82. The quantitative estimate of drug-likeness (QED) is 0.300. The molecule has 0 atom stereocenters. The van der Waals surface area contributed by atoms with Gasteiger partial charge in [-0.1, -0.05) is 75.4 Å². The summed E-state index contributed by atoms with van der Waals surface area (Å²) in [6.45, 7) is 6.61. The van der Waals surface area contributed by atoms with Gasteiger partial charge in [0.05, 0.1) is 0 Å². The molecule has 0 amide bonds. The van der Waals surface area contributed by atoms with Crippen molar-refractivity contribution in [3.8, 4) is 22.8 Å². The van der Waals surface area contributed by atoms with Crippen molar-refractivity contribution in [1.29, 1.82) is 0 Å². The number of rotatable bonds is 5. The van der Waals surface area contributed by atoms with E-state index in [0.717, 1.165) is 34.3 Å². The standard InChI is InChI=1S/C28H26N2O2/c1-28(2,3)23-15-13-21(14-16-23)27-30-29-26(32-27)17-10-19-8-11-20(12-9-19)25-18-22-6-4-5-7-24(22)31-25/h4-9,11-16,18H,10,17H2,1-3H3. The summed E-state index contributed by atoms with van der Waals surface area (Å²) < 4.78 is 11.9. The second-order valence-electron chi connectivity index (χ2n) is 9.17. The molecule has 0 aliphatic carbocycles. The molecule has 3 aromatic carbocycles. The third-order valence-electron chi connectivity index (χ3n) is 5.76. The average Bonchev–Trinajstić information content (AvgIpc) is 3.45. The Hall–Kier alpha value is -3.66. The lowest BCUT2D eigenvalue weighted by Crippen LogP contribution is -2.10. The maximum Gasteiger partial charge on any atom is 0.247 e. The van der Waals surface area contributed by atoms with Gasteiger partial charge in [0.1, 0.15) is 11.3 Å². The number of para-hydroxylation sites is 1. The van der Waals surface area contributed by atoms with E-state index >= 15 is 0 Å². The van der Waals surface area contributed by atoms with Crippen LogP contribution in [0.3, 0.4) is 0 Å². The third-order valence-corrected chi connectivity index (χ3v) is 5.76. The Kier molecular flexibility index (Phi) is 5.14. The highest BCUT2D eigenvalue weighted by Crippen LogP contribution is 2.28. The molecule has 0 aliphatic rings. The number of furan rings is 1. The van der Waals surface area contributed by atoms with Crippen molar-refractivity contribution >= 4 is 11.0 Å². The zero-order chi connectivity index (χ0) is 22.1. The Balaban J connectivity index is 1.24. The number of hydrogen-bond donors (Lipinski definition) is 0. The smallest absolute Gasteiger partial charge is 0.247 e. The van der Waals surface area contributed by atoms with Crippen molar-refractivity contribution in [2.75, 3.05) is 0 Å². The summed E-state index contributed by atoms with van der Waals surface area (Å²) in [6, 6.07) is 27.0. The van der Waals surface area contributed by atoms with Gasteiger partial charge in [0.2, 0.25) is 11.8 Å². The Morgan fingerprint density at radius 2 is 1.44 bits per heavy atom. The van der Waals surface area contributed by atoms with Gasteiger partial charge in [0, 0.05) is 22.9 Å². The maximum atomic E-state index is 5.96. The van der Waals surface area contributed by atoms with E-state index in [1.165, 1.54) is 11.1 Å². The SMILES string of the molecule is CC(C)(C)c1ccc(-c2nnc(CCc3ccc(-c4cc5ccccc5o4)cc3)o2)cc1. The fourth-order valence-corrected chi connectivity index (χ4v) is 3.80. The molecule has 4 heteroatoms. The van der Waals surface area contributed by atoms with Crippen LogP contribution in [0, 0.1) is 0 Å². The minimum Gasteiger partial charge on any atom is -0.456 e. The Morgan fingerprint density at radius 1 is 0.719 bits per heavy atom. The van der Waals surface area contributed by atoms with Crippen molar-refractivity contribution in [3.05, 3.63) is 95.9 Å². The number of aryl methyl sites for hydroxylation is 2. The second-order valence-corrected chi connectivity index (χ2v) is 9.17. The van der Waals surface area contributed by atoms with E-state index in [1.807, 2.05) is 18.2 Å². The topological polar surface area (TPSA) is 52.1 Å². The molecule has 160 valence electrons. The van der Waals surface area contributed by atoms with E-state index in [0.29, 0.717) is 18.2 Å². The lowest BCUT2D eigenvalue weighted by Gasteiger charge is -2.18. The summed E-state index contributed by atoms with van der Waals surface area (Å²) in [5.41, 5.74) is 5.56. The first-order valence-corrected chi connectivity index (χ1v) is 11.0. The Bertz CT molecular complexity index is 1300. The number of nitrogens with zero attached hydrogens (tertiary/aromatic N) is 2. The van der Waals surface area contributed by atoms with Crippen LogP contribution in [0.15, 0.2) is 87.7 Å². The number of hydrogen-bond acceptors (Lipinski definition) is 4. The highest BCUT2D eigenvalue weighted by Gasteiger charge is 2.15. The first-order chi connectivity index (χ1) is 15.5. The molecule has 5 rings (SSSR count). The normalized spacial score (nSPS) is 11.8. The molecule has 0 aliphatic heterocycles. The lowest BCUT2D eigenvalue weighted by atomic mass is 9.87. The molecule has 0 saturated carbocycles. The molecule has 5 aromatic rings. The predicted octanol–water partition coefficient (Wildman–Crippen LogP) is 7.23. The van der Waals surface area contributed by atoms with Gasteiger partial charge < -0.3 is 8.83 Å². The van der Waals surface area contributed by atoms with Gasteiger partial charge in [-0.3, -0.25) is 0 Å². The van der Waals surface area contributed by atoms with Crippen LogP contribution in [-0.2, 0) is 18.3 Å². The monoisotopic (exact) mass is 422 g/mol. The molecule has 2 aromatic heterocycles. The van der Waals surface area contributed by atoms with E-state index in [4.69, 9.17) is 8.83 Å². The summed E-state index contributed by atoms with van der Waals surface area (Å²) in [5, 5.41) is 9.59. The van der Waals surface area contributed by atoms with Gasteiger partial charge in [-0.25, -0.2) is 0 Å². The molecular formula is C28H26N2O2. The fourth-order valence-electron chi connectivity index (χ4n) is 3.80. The van der Waals surface area contributed by atoms with Crippen molar-refractivity contribution in [2.24, 2.45) is 0 Å². The second kappa shape index (κ2) is 8.12. The fraction of sp³-hybridized carbons (Fsp3) is 0.214. The molecule has 0 radical (unpaired) electrons. The van der Waals surface area contributed by atoms with Crippen LogP contribution >= 0.6 is 0 Å². The first kappa shape index (κ1) is 20.3. The maximum absolute atomic E-state index is 5.96. The zero-order valence-electron chi connectivity index (χ0n) is 18.6. The predicted molar refractivity (Wildman–Crippen MR) is 127 cm³/mol. The van der Waals surface area contributed by atoms with E-state index in [-0.39, 0.29) is 5.41 Å². The van der Waals surface area contributed by atoms with Crippen molar-refractivity contribution in [1.82, 2.24) is 10.2 Å². The van der Waals surface area contributed by atoms with Gasteiger partial charge in [-0.2, -0.15) is 0 Å². The van der Waals surface area contributed by atoms with Gasteiger partial charge in [0.15, 0.2) is 0 Å². The third kappa shape index (κ3) is 4.22. The molecule has 0 saturated heterocycles. The summed E-state index contributed by atoms with van der Waals surface area (Å²) in [4.78, 5) is 0. The Labute approximate surface area is 187 Å². The van der Waals surface area contributed by atoms with Crippen LogP contribution in [0.2, 0.25) is 0 Å². The van der Waals surface area contributed by atoms with Crippen molar-refractivity contribution in [3.63, 3.8) is 0 Å². The molecule has 0 fully saturated rings. The average molecular weight is 423 g/mol. The zero-order valence-corrected chi connectivity index (χ0v) is 18.6. The van der Waals surface area contributed by atoms with Gasteiger partial charge >= 0.3 is 0 Å². The van der Waals surface area contributed by atoms with Crippen LogP contribution in [0.25, 0.3) is 33.7 Å². The van der Waals surface area contributed by atoms with Crippen LogP contribution in [0.4, 0.5) is 0 Å². The van der Waals surface area contributed by atoms with E-state index in [1.54, 1.807) is 0 Å². The summed E-state index contributed by atoms with van der Waals surface area (Å²) in [6.07, 6.45) is 1.54. The van der Waals surface area contributed by atoms with Crippen molar-refractivity contribution in [2.45, 2.75) is 39.0 Å². The van der Waals surface area contributed by atoms with E-state index in [9.17, 15) is 0 Å². The molecule has 32 heavy (non-hydrogen) atoms. The van der Waals surface area contributed by atoms with Gasteiger partial charge in [0.25, 0.3) is 0 Å². The van der Waals surface area contributed by atoms with Crippen LogP contribution < -0.4 is 0 Å². The summed E-state index contributed by atoms with van der Waals surface area (Å²) >= 11 is 0. The van der Waals surface area contributed by atoms with E-state index < -0.39 is 0 Å². The number of aromatic nitrogens is 2. The highest BCUT2D eigenvalue weighted by atomic mass is 16.4. The molecule has 0 bridgehead atoms. The number of benzene rings is 3. The first-order valence-electron chi connectivity index (χ1n) is 11.0. The molecular weight excluding hydrogens is 396 g/mol. The van der Waals surface area contributed by atoms with Gasteiger partial charge in [-0.15, -0.1) is 10.2 Å².